The van der Waals surface area contributed by atoms with Gasteiger partial charge >= 0.3 is 6.18 Å². The maximum atomic E-state index is 13.4. The van der Waals surface area contributed by atoms with Crippen LogP contribution in [0.5, 0.6) is 0 Å². The molecule has 0 fully saturated rings. The fourth-order valence-corrected chi connectivity index (χ4v) is 3.52. The van der Waals surface area contributed by atoms with Crippen molar-refractivity contribution in [3.8, 4) is 0 Å². The maximum Gasteiger partial charge on any atom is 0.417 e. The van der Waals surface area contributed by atoms with E-state index in [1.165, 1.54) is 0 Å². The molecule has 2 heterocycles. The minimum atomic E-state index is -4.49. The molecule has 1 aromatic heterocycles. The Morgan fingerprint density at radius 3 is 2.31 bits per heavy atom. The Labute approximate surface area is 167 Å². The van der Waals surface area contributed by atoms with Crippen LogP contribution in [0.1, 0.15) is 18.1 Å². The zero-order chi connectivity index (χ0) is 20.6. The van der Waals surface area contributed by atoms with Crippen LogP contribution < -0.4 is 9.80 Å². The van der Waals surface area contributed by atoms with Crippen molar-refractivity contribution < 1.29 is 17.9 Å². The number of rotatable bonds is 4. The molecule has 1 aliphatic rings. The molecular formula is C22H20F3N3O. The molecule has 0 saturated heterocycles. The maximum absolute atomic E-state index is 13.4. The fourth-order valence-electron chi connectivity index (χ4n) is 3.52. The number of nitrogens with zero attached hydrogens (tertiary/aromatic N) is 3. The number of benzene rings is 2. The molecule has 4 nitrogen and oxygen atoms in total. The molecule has 3 aromatic rings. The van der Waals surface area contributed by atoms with Gasteiger partial charge in [-0.25, -0.2) is 4.98 Å². The number of fused-ring (bicyclic) bond motifs is 1. The van der Waals surface area contributed by atoms with E-state index in [4.69, 9.17) is 4.74 Å². The van der Waals surface area contributed by atoms with Crippen molar-refractivity contribution in [2.24, 2.45) is 0 Å². The molecule has 0 bridgehead atoms. The number of pyridine rings is 1. The van der Waals surface area contributed by atoms with Crippen molar-refractivity contribution in [3.63, 3.8) is 0 Å². The lowest BCUT2D eigenvalue weighted by Gasteiger charge is -2.32. The van der Waals surface area contributed by atoms with Gasteiger partial charge in [0.25, 0.3) is 0 Å². The van der Waals surface area contributed by atoms with Gasteiger partial charge in [-0.05, 0) is 43.7 Å². The van der Waals surface area contributed by atoms with E-state index in [1.54, 1.807) is 4.90 Å². The Morgan fingerprint density at radius 1 is 0.966 bits per heavy atom. The summed E-state index contributed by atoms with van der Waals surface area (Å²) in [4.78, 5) is 7.81. The summed E-state index contributed by atoms with van der Waals surface area (Å²) < 4.78 is 46.3. The summed E-state index contributed by atoms with van der Waals surface area (Å²) in [6.07, 6.45) is -4.27. The molecule has 150 valence electrons. The van der Waals surface area contributed by atoms with Gasteiger partial charge in [-0.2, -0.15) is 13.2 Å². The first-order valence-electron chi connectivity index (χ1n) is 9.30. The summed E-state index contributed by atoms with van der Waals surface area (Å²) in [6, 6.07) is 18.1. The average Bonchev–Trinajstić information content (AvgIpc) is 3.02. The molecule has 0 saturated carbocycles. The SMILES string of the molecule is CCOC1N(c2ccccc2C)c2cc(C(F)(F)F)cnc2N1c1ccccc1. The van der Waals surface area contributed by atoms with Gasteiger partial charge < -0.3 is 4.74 Å². The Morgan fingerprint density at radius 2 is 1.66 bits per heavy atom. The van der Waals surface area contributed by atoms with Gasteiger partial charge in [0.2, 0.25) is 6.35 Å². The summed E-state index contributed by atoms with van der Waals surface area (Å²) in [5.74, 6) is 0.422. The van der Waals surface area contributed by atoms with E-state index in [-0.39, 0.29) is 0 Å². The Kier molecular flexibility index (Phi) is 4.92. The Bertz CT molecular complexity index is 1010. The molecule has 0 amide bonds. The third kappa shape index (κ3) is 3.42. The highest BCUT2D eigenvalue weighted by Gasteiger charge is 2.42. The van der Waals surface area contributed by atoms with E-state index in [2.05, 4.69) is 4.98 Å². The summed E-state index contributed by atoms with van der Waals surface area (Å²) in [5, 5.41) is 0. The predicted octanol–water partition coefficient (Wildman–Crippen LogP) is 6.02. The van der Waals surface area contributed by atoms with Crippen molar-refractivity contribution in [2.45, 2.75) is 26.4 Å². The van der Waals surface area contributed by atoms with Crippen molar-refractivity contribution >= 4 is 22.9 Å². The van der Waals surface area contributed by atoms with Gasteiger partial charge in [0.15, 0.2) is 5.82 Å². The summed E-state index contributed by atoms with van der Waals surface area (Å²) in [5.41, 5.74) is 2.05. The predicted molar refractivity (Wildman–Crippen MR) is 107 cm³/mol. The molecule has 0 aliphatic carbocycles. The van der Waals surface area contributed by atoms with E-state index in [0.29, 0.717) is 18.1 Å². The summed E-state index contributed by atoms with van der Waals surface area (Å²) in [6.45, 7) is 4.16. The topological polar surface area (TPSA) is 28.6 Å². The van der Waals surface area contributed by atoms with Crippen LogP contribution in [0, 0.1) is 6.92 Å². The number of ether oxygens (including phenoxy) is 1. The third-order valence-electron chi connectivity index (χ3n) is 4.83. The second-order valence-corrected chi connectivity index (χ2v) is 6.71. The standard InChI is InChI=1S/C22H20F3N3O/c1-3-29-21-27(17-10-5-4-6-11-17)20-19(13-16(14-26-20)22(23,24)25)28(21)18-12-8-7-9-15(18)2/h4-14,21H,3H2,1-2H3. The first kappa shape index (κ1) is 19.3. The number of halogens is 3. The number of alkyl halides is 3. The third-order valence-corrected chi connectivity index (χ3v) is 4.83. The largest absolute Gasteiger partial charge is 0.417 e. The number of aryl methyl sites for hydroxylation is 1. The first-order chi connectivity index (χ1) is 13.9. The zero-order valence-electron chi connectivity index (χ0n) is 16.0. The molecule has 0 N–H and O–H groups in total. The molecule has 1 atom stereocenters. The number of hydrogen-bond acceptors (Lipinski definition) is 4. The van der Waals surface area contributed by atoms with Gasteiger partial charge in [0.05, 0.1) is 11.3 Å². The summed E-state index contributed by atoms with van der Waals surface area (Å²) in [7, 11) is 0. The van der Waals surface area contributed by atoms with Crippen LogP contribution in [-0.4, -0.2) is 17.9 Å². The van der Waals surface area contributed by atoms with Crippen molar-refractivity contribution in [1.82, 2.24) is 4.98 Å². The Balaban J connectivity index is 1.96. The van der Waals surface area contributed by atoms with Crippen LogP contribution in [0.15, 0.2) is 66.9 Å². The van der Waals surface area contributed by atoms with Crippen LogP contribution >= 0.6 is 0 Å². The molecule has 4 rings (SSSR count). The van der Waals surface area contributed by atoms with E-state index < -0.39 is 18.1 Å². The lowest BCUT2D eigenvalue weighted by atomic mass is 10.1. The molecule has 29 heavy (non-hydrogen) atoms. The quantitative estimate of drug-likeness (QED) is 0.536. The molecular weight excluding hydrogens is 379 g/mol. The second-order valence-electron chi connectivity index (χ2n) is 6.71. The Hall–Kier alpha value is -3.06. The highest BCUT2D eigenvalue weighted by Crippen LogP contribution is 2.49. The highest BCUT2D eigenvalue weighted by atomic mass is 19.4. The first-order valence-corrected chi connectivity index (χ1v) is 9.30. The molecule has 2 aromatic carbocycles. The lowest BCUT2D eigenvalue weighted by molar-refractivity contribution is -0.137. The average molecular weight is 399 g/mol. The van der Waals surface area contributed by atoms with Gasteiger partial charge in [-0.15, -0.1) is 0 Å². The van der Waals surface area contributed by atoms with E-state index >= 15 is 0 Å². The van der Waals surface area contributed by atoms with Crippen LogP contribution in [0.3, 0.4) is 0 Å². The highest BCUT2D eigenvalue weighted by molar-refractivity contribution is 5.86. The van der Waals surface area contributed by atoms with Gasteiger partial charge in [0.1, 0.15) is 0 Å². The normalized spacial score (nSPS) is 16.2. The molecule has 7 heteroatoms. The number of aromatic nitrogens is 1. The molecule has 1 unspecified atom stereocenters. The van der Waals surface area contributed by atoms with Crippen molar-refractivity contribution in [1.29, 1.82) is 0 Å². The van der Waals surface area contributed by atoms with Crippen LogP contribution in [0.4, 0.5) is 36.1 Å². The monoisotopic (exact) mass is 399 g/mol. The van der Waals surface area contributed by atoms with E-state index in [9.17, 15) is 13.2 Å². The smallest absolute Gasteiger partial charge is 0.340 e. The lowest BCUT2D eigenvalue weighted by Crippen LogP contribution is -2.41. The second kappa shape index (κ2) is 7.40. The number of hydrogen-bond donors (Lipinski definition) is 0. The molecule has 1 aliphatic heterocycles. The van der Waals surface area contributed by atoms with E-state index in [1.807, 2.05) is 73.3 Å². The van der Waals surface area contributed by atoms with Crippen molar-refractivity contribution in [2.75, 3.05) is 16.4 Å². The van der Waals surface area contributed by atoms with Crippen LogP contribution in [0.25, 0.3) is 0 Å². The van der Waals surface area contributed by atoms with Gasteiger partial charge in [-0.3, -0.25) is 9.80 Å². The minimum Gasteiger partial charge on any atom is -0.340 e. The van der Waals surface area contributed by atoms with Crippen LogP contribution in [0.2, 0.25) is 0 Å². The zero-order valence-corrected chi connectivity index (χ0v) is 16.0. The summed E-state index contributed by atoms with van der Waals surface area (Å²) >= 11 is 0. The molecule has 0 spiro atoms. The number of anilines is 4. The minimum absolute atomic E-state index is 0.358. The van der Waals surface area contributed by atoms with Crippen LogP contribution in [-0.2, 0) is 10.9 Å². The number of para-hydroxylation sites is 2. The van der Waals surface area contributed by atoms with Gasteiger partial charge in [0, 0.05) is 24.2 Å². The molecule has 0 radical (unpaired) electrons. The fraction of sp³-hybridized carbons (Fsp3) is 0.227. The van der Waals surface area contributed by atoms with Gasteiger partial charge in [-0.1, -0.05) is 36.4 Å². The van der Waals surface area contributed by atoms with Crippen molar-refractivity contribution in [3.05, 3.63) is 78.0 Å². The van der Waals surface area contributed by atoms with E-state index in [0.717, 1.165) is 29.2 Å².